The van der Waals surface area contributed by atoms with Crippen LogP contribution in [-0.4, -0.2) is 0 Å². The standard InChI is InChI=1S/C20H27N/c1-17(2)9-5-3-6-10-18-13-15-20(16-14-18)21-19-11-7-4-8-12-19/h4,7-8,11-17,21H,3,5-6,9-10H2,1-2H3. The Morgan fingerprint density at radius 2 is 1.43 bits per heavy atom. The van der Waals surface area contributed by atoms with E-state index in [1.54, 1.807) is 0 Å². The molecule has 0 amide bonds. The van der Waals surface area contributed by atoms with E-state index in [-0.39, 0.29) is 0 Å². The lowest BCUT2D eigenvalue weighted by molar-refractivity contribution is 0.527. The molecule has 0 aliphatic carbocycles. The molecular formula is C20H27N. The number of aryl methyl sites for hydroxylation is 1. The maximum atomic E-state index is 3.42. The highest BCUT2D eigenvalue weighted by atomic mass is 14.9. The molecule has 0 radical (unpaired) electrons. The molecule has 2 aromatic carbocycles. The van der Waals surface area contributed by atoms with Gasteiger partial charge in [0.15, 0.2) is 0 Å². The van der Waals surface area contributed by atoms with Crippen LogP contribution in [0.5, 0.6) is 0 Å². The summed E-state index contributed by atoms with van der Waals surface area (Å²) in [6, 6.07) is 19.1. The Balaban J connectivity index is 1.74. The third-order valence-electron chi connectivity index (χ3n) is 3.76. The summed E-state index contributed by atoms with van der Waals surface area (Å²) in [5.74, 6) is 0.841. The molecule has 0 saturated carbocycles. The summed E-state index contributed by atoms with van der Waals surface area (Å²) < 4.78 is 0. The normalized spacial score (nSPS) is 10.8. The van der Waals surface area contributed by atoms with Gasteiger partial charge in [0.05, 0.1) is 0 Å². The van der Waals surface area contributed by atoms with Gasteiger partial charge >= 0.3 is 0 Å². The molecule has 2 aromatic rings. The lowest BCUT2D eigenvalue weighted by atomic mass is 10.0. The van der Waals surface area contributed by atoms with Crippen LogP contribution in [0.4, 0.5) is 11.4 Å². The van der Waals surface area contributed by atoms with Gasteiger partial charge in [0, 0.05) is 11.4 Å². The van der Waals surface area contributed by atoms with E-state index in [2.05, 4.69) is 55.6 Å². The number of unbranched alkanes of at least 4 members (excludes halogenated alkanes) is 2. The molecular weight excluding hydrogens is 254 g/mol. The predicted molar refractivity (Wildman–Crippen MR) is 93.2 cm³/mol. The summed E-state index contributed by atoms with van der Waals surface area (Å²) in [5, 5.41) is 3.42. The molecule has 0 bridgehead atoms. The van der Waals surface area contributed by atoms with Gasteiger partial charge in [-0.15, -0.1) is 0 Å². The maximum absolute atomic E-state index is 3.42. The van der Waals surface area contributed by atoms with E-state index in [0.29, 0.717) is 0 Å². The Hall–Kier alpha value is -1.76. The number of hydrogen-bond acceptors (Lipinski definition) is 1. The van der Waals surface area contributed by atoms with Crippen LogP contribution in [0, 0.1) is 5.92 Å². The van der Waals surface area contributed by atoms with Crippen LogP contribution >= 0.6 is 0 Å². The number of rotatable bonds is 8. The third kappa shape index (κ3) is 6.03. The second-order valence-corrected chi connectivity index (χ2v) is 6.18. The molecule has 0 aliphatic heterocycles. The number of benzene rings is 2. The van der Waals surface area contributed by atoms with Crippen molar-refractivity contribution in [1.29, 1.82) is 0 Å². The van der Waals surface area contributed by atoms with E-state index < -0.39 is 0 Å². The van der Waals surface area contributed by atoms with Gasteiger partial charge in [-0.05, 0) is 48.6 Å². The van der Waals surface area contributed by atoms with Gasteiger partial charge in [0.2, 0.25) is 0 Å². The maximum Gasteiger partial charge on any atom is 0.0384 e. The van der Waals surface area contributed by atoms with Crippen molar-refractivity contribution >= 4 is 11.4 Å². The van der Waals surface area contributed by atoms with Crippen molar-refractivity contribution in [3.63, 3.8) is 0 Å². The molecule has 0 unspecified atom stereocenters. The van der Waals surface area contributed by atoms with Crippen molar-refractivity contribution in [2.75, 3.05) is 5.32 Å². The van der Waals surface area contributed by atoms with E-state index in [0.717, 1.165) is 17.3 Å². The largest absolute Gasteiger partial charge is 0.356 e. The Labute approximate surface area is 129 Å². The van der Waals surface area contributed by atoms with Crippen molar-refractivity contribution in [3.05, 3.63) is 60.2 Å². The van der Waals surface area contributed by atoms with Gasteiger partial charge in [-0.25, -0.2) is 0 Å². The second-order valence-electron chi connectivity index (χ2n) is 6.18. The first-order chi connectivity index (χ1) is 10.2. The molecule has 2 rings (SSSR count). The monoisotopic (exact) mass is 281 g/mol. The van der Waals surface area contributed by atoms with Crippen molar-refractivity contribution in [2.45, 2.75) is 46.0 Å². The first-order valence-electron chi connectivity index (χ1n) is 8.15. The summed E-state index contributed by atoms with van der Waals surface area (Å²) >= 11 is 0. The zero-order valence-electron chi connectivity index (χ0n) is 13.3. The van der Waals surface area contributed by atoms with Crippen LogP contribution in [-0.2, 0) is 6.42 Å². The molecule has 0 fully saturated rings. The smallest absolute Gasteiger partial charge is 0.0384 e. The Kier molecular flexibility index (Phi) is 6.33. The second kappa shape index (κ2) is 8.51. The molecule has 112 valence electrons. The van der Waals surface area contributed by atoms with E-state index >= 15 is 0 Å². The molecule has 0 aliphatic rings. The Morgan fingerprint density at radius 1 is 0.762 bits per heavy atom. The predicted octanol–water partition coefficient (Wildman–Crippen LogP) is 6.19. The van der Waals surface area contributed by atoms with Gasteiger partial charge in [-0.3, -0.25) is 0 Å². The fraction of sp³-hybridized carbons (Fsp3) is 0.400. The van der Waals surface area contributed by atoms with Crippen molar-refractivity contribution in [2.24, 2.45) is 5.92 Å². The quantitative estimate of drug-likeness (QED) is 0.569. The fourth-order valence-electron chi connectivity index (χ4n) is 2.50. The molecule has 0 spiro atoms. The molecule has 1 nitrogen and oxygen atoms in total. The molecule has 0 heterocycles. The number of para-hydroxylation sites is 1. The van der Waals surface area contributed by atoms with Crippen LogP contribution in [0.15, 0.2) is 54.6 Å². The van der Waals surface area contributed by atoms with Crippen LogP contribution in [0.2, 0.25) is 0 Å². The summed E-state index contributed by atoms with van der Waals surface area (Å²) in [6.45, 7) is 4.61. The minimum absolute atomic E-state index is 0.841. The fourth-order valence-corrected chi connectivity index (χ4v) is 2.50. The summed E-state index contributed by atoms with van der Waals surface area (Å²) in [7, 11) is 0. The van der Waals surface area contributed by atoms with Crippen LogP contribution < -0.4 is 5.32 Å². The van der Waals surface area contributed by atoms with Gasteiger partial charge in [0.25, 0.3) is 0 Å². The average Bonchev–Trinajstić information content (AvgIpc) is 2.49. The summed E-state index contributed by atoms with van der Waals surface area (Å²) in [4.78, 5) is 0. The zero-order chi connectivity index (χ0) is 14.9. The first kappa shape index (κ1) is 15.6. The third-order valence-corrected chi connectivity index (χ3v) is 3.76. The minimum atomic E-state index is 0.841. The summed E-state index contributed by atoms with van der Waals surface area (Å²) in [6.07, 6.45) is 6.58. The topological polar surface area (TPSA) is 12.0 Å². The van der Waals surface area contributed by atoms with E-state index in [9.17, 15) is 0 Å². The highest BCUT2D eigenvalue weighted by Gasteiger charge is 1.98. The van der Waals surface area contributed by atoms with Crippen LogP contribution in [0.3, 0.4) is 0 Å². The molecule has 1 N–H and O–H groups in total. The van der Waals surface area contributed by atoms with E-state index in [1.165, 1.54) is 37.7 Å². The van der Waals surface area contributed by atoms with Crippen molar-refractivity contribution in [3.8, 4) is 0 Å². The Bertz CT molecular complexity index is 499. The van der Waals surface area contributed by atoms with Crippen LogP contribution in [0.1, 0.15) is 45.1 Å². The average molecular weight is 281 g/mol. The zero-order valence-corrected chi connectivity index (χ0v) is 13.3. The number of hydrogen-bond donors (Lipinski definition) is 1. The van der Waals surface area contributed by atoms with Crippen molar-refractivity contribution < 1.29 is 0 Å². The van der Waals surface area contributed by atoms with Gasteiger partial charge < -0.3 is 5.32 Å². The highest BCUT2D eigenvalue weighted by molar-refractivity contribution is 5.59. The number of anilines is 2. The first-order valence-corrected chi connectivity index (χ1v) is 8.15. The molecule has 0 atom stereocenters. The van der Waals surface area contributed by atoms with E-state index in [4.69, 9.17) is 0 Å². The minimum Gasteiger partial charge on any atom is -0.356 e. The number of nitrogens with one attached hydrogen (secondary N) is 1. The van der Waals surface area contributed by atoms with Gasteiger partial charge in [-0.1, -0.05) is 63.4 Å². The van der Waals surface area contributed by atoms with Crippen LogP contribution in [0.25, 0.3) is 0 Å². The molecule has 0 saturated heterocycles. The molecule has 1 heteroatoms. The Morgan fingerprint density at radius 3 is 2.10 bits per heavy atom. The highest BCUT2D eigenvalue weighted by Crippen LogP contribution is 2.18. The van der Waals surface area contributed by atoms with Gasteiger partial charge in [-0.2, -0.15) is 0 Å². The van der Waals surface area contributed by atoms with Gasteiger partial charge in [0.1, 0.15) is 0 Å². The molecule has 21 heavy (non-hydrogen) atoms. The molecule has 0 aromatic heterocycles. The lowest BCUT2D eigenvalue weighted by Crippen LogP contribution is -1.92. The lowest BCUT2D eigenvalue weighted by Gasteiger charge is -2.08. The SMILES string of the molecule is CC(C)CCCCCc1ccc(Nc2ccccc2)cc1. The summed E-state index contributed by atoms with van der Waals surface area (Å²) in [5.41, 5.74) is 3.74. The van der Waals surface area contributed by atoms with E-state index in [1.807, 2.05) is 18.2 Å². The van der Waals surface area contributed by atoms with Crippen molar-refractivity contribution in [1.82, 2.24) is 0 Å².